The summed E-state index contributed by atoms with van der Waals surface area (Å²) >= 11 is 0. The lowest BCUT2D eigenvalue weighted by molar-refractivity contribution is 0.122. The summed E-state index contributed by atoms with van der Waals surface area (Å²) in [5, 5.41) is 0. The van der Waals surface area contributed by atoms with E-state index in [0.717, 1.165) is 12.1 Å². The maximum absolute atomic E-state index is 12.3. The number of nitrogens with two attached hydrogens (primary N) is 1. The van der Waals surface area contributed by atoms with E-state index in [-0.39, 0.29) is 11.4 Å². The third kappa shape index (κ3) is 5.62. The molecule has 0 saturated carbocycles. The molecule has 6 nitrogen and oxygen atoms in total. The number of sulfonamides is 1. The van der Waals surface area contributed by atoms with Gasteiger partial charge in [-0.3, -0.25) is 0 Å². The van der Waals surface area contributed by atoms with Crippen LogP contribution in [0, 0.1) is 13.8 Å². The number of rotatable bonds is 8. The van der Waals surface area contributed by atoms with Crippen LogP contribution in [0.15, 0.2) is 17.0 Å². The molecular weight excluding hydrogens is 290 g/mol. The van der Waals surface area contributed by atoms with Gasteiger partial charge in [0.15, 0.2) is 0 Å². The van der Waals surface area contributed by atoms with E-state index in [1.807, 2.05) is 25.9 Å². The van der Waals surface area contributed by atoms with Gasteiger partial charge in [0, 0.05) is 18.8 Å². The second kappa shape index (κ2) is 7.74. The van der Waals surface area contributed by atoms with Crippen LogP contribution in [0.3, 0.4) is 0 Å². The highest BCUT2D eigenvalue weighted by atomic mass is 32.2. The lowest BCUT2D eigenvalue weighted by Gasteiger charge is -2.13. The second-order valence-electron chi connectivity index (χ2n) is 5.27. The van der Waals surface area contributed by atoms with E-state index < -0.39 is 10.0 Å². The number of anilines is 1. The molecule has 7 heteroatoms. The van der Waals surface area contributed by atoms with Crippen LogP contribution in [0.5, 0.6) is 0 Å². The summed E-state index contributed by atoms with van der Waals surface area (Å²) in [6.45, 7) is 5.58. The highest BCUT2D eigenvalue weighted by Gasteiger charge is 2.18. The topological polar surface area (TPSA) is 84.7 Å². The number of ether oxygens (including phenoxy) is 1. The van der Waals surface area contributed by atoms with Crippen LogP contribution in [0.1, 0.15) is 11.1 Å². The van der Waals surface area contributed by atoms with Crippen molar-refractivity contribution >= 4 is 15.7 Å². The molecule has 0 amide bonds. The minimum atomic E-state index is -3.56. The first-order valence-corrected chi connectivity index (χ1v) is 8.31. The van der Waals surface area contributed by atoms with Crippen LogP contribution < -0.4 is 10.5 Å². The third-order valence-corrected chi connectivity index (χ3v) is 4.74. The normalized spacial score (nSPS) is 12.0. The zero-order valence-corrected chi connectivity index (χ0v) is 14.0. The maximum atomic E-state index is 12.3. The van der Waals surface area contributed by atoms with Crippen molar-refractivity contribution in [3.05, 3.63) is 23.3 Å². The SMILES string of the molecule is Cc1cc(N)cc(S(=O)(=O)NCCOCCN(C)C)c1C. The fourth-order valence-corrected chi connectivity index (χ4v) is 3.17. The number of aryl methyl sites for hydroxylation is 1. The molecule has 0 atom stereocenters. The molecule has 0 saturated heterocycles. The van der Waals surface area contributed by atoms with E-state index in [1.54, 1.807) is 13.0 Å². The fraction of sp³-hybridized carbons (Fsp3) is 0.571. The molecule has 0 aliphatic heterocycles. The average Bonchev–Trinajstić information content (AvgIpc) is 2.37. The Bertz CT molecular complexity index is 571. The Kier molecular flexibility index (Phi) is 6.60. The first kappa shape index (κ1) is 17.9. The van der Waals surface area contributed by atoms with E-state index in [9.17, 15) is 8.42 Å². The van der Waals surface area contributed by atoms with Crippen LogP contribution in [0.25, 0.3) is 0 Å². The molecule has 120 valence electrons. The summed E-state index contributed by atoms with van der Waals surface area (Å²) in [6.07, 6.45) is 0. The van der Waals surface area contributed by atoms with E-state index >= 15 is 0 Å². The predicted octanol–water partition coefficient (Wildman–Crippen LogP) is 0.742. The zero-order chi connectivity index (χ0) is 16.0. The quantitative estimate of drug-likeness (QED) is 0.546. The van der Waals surface area contributed by atoms with Gasteiger partial charge in [0.1, 0.15) is 0 Å². The van der Waals surface area contributed by atoms with E-state index in [4.69, 9.17) is 10.5 Å². The van der Waals surface area contributed by atoms with Gasteiger partial charge in [-0.25, -0.2) is 13.1 Å². The Morgan fingerprint density at radius 2 is 1.90 bits per heavy atom. The zero-order valence-electron chi connectivity index (χ0n) is 13.1. The Morgan fingerprint density at radius 3 is 2.52 bits per heavy atom. The summed E-state index contributed by atoms with van der Waals surface area (Å²) in [4.78, 5) is 2.23. The van der Waals surface area contributed by atoms with Gasteiger partial charge in [0.25, 0.3) is 0 Å². The number of benzene rings is 1. The van der Waals surface area contributed by atoms with Crippen molar-refractivity contribution in [3.63, 3.8) is 0 Å². The van der Waals surface area contributed by atoms with E-state index in [0.29, 0.717) is 24.5 Å². The highest BCUT2D eigenvalue weighted by Crippen LogP contribution is 2.21. The van der Waals surface area contributed by atoms with Crippen LogP contribution >= 0.6 is 0 Å². The molecule has 1 rings (SSSR count). The van der Waals surface area contributed by atoms with Crippen molar-refractivity contribution in [2.75, 3.05) is 46.1 Å². The molecule has 0 heterocycles. The molecular formula is C14H25N3O3S. The van der Waals surface area contributed by atoms with Crippen molar-refractivity contribution < 1.29 is 13.2 Å². The Morgan fingerprint density at radius 1 is 1.24 bits per heavy atom. The van der Waals surface area contributed by atoms with Crippen molar-refractivity contribution in [1.29, 1.82) is 0 Å². The fourth-order valence-electron chi connectivity index (χ4n) is 1.81. The van der Waals surface area contributed by atoms with Gasteiger partial charge in [0.05, 0.1) is 18.1 Å². The largest absolute Gasteiger partial charge is 0.399 e. The number of nitrogens with one attached hydrogen (secondary N) is 1. The summed E-state index contributed by atoms with van der Waals surface area (Å²) in [5.41, 5.74) is 7.74. The van der Waals surface area contributed by atoms with Crippen LogP contribution in [-0.2, 0) is 14.8 Å². The minimum absolute atomic E-state index is 0.230. The average molecular weight is 315 g/mol. The summed E-state index contributed by atoms with van der Waals surface area (Å²) in [5.74, 6) is 0. The van der Waals surface area contributed by atoms with Crippen molar-refractivity contribution in [2.45, 2.75) is 18.7 Å². The Balaban J connectivity index is 2.59. The molecule has 0 aliphatic rings. The predicted molar refractivity (Wildman–Crippen MR) is 84.9 cm³/mol. The second-order valence-corrected chi connectivity index (χ2v) is 7.01. The lowest BCUT2D eigenvalue weighted by atomic mass is 10.1. The summed E-state index contributed by atoms with van der Waals surface area (Å²) in [7, 11) is 0.351. The number of nitrogens with zero attached hydrogens (tertiary/aromatic N) is 1. The van der Waals surface area contributed by atoms with Gasteiger partial charge in [-0.2, -0.15) is 0 Å². The molecule has 0 bridgehead atoms. The standard InChI is InChI=1S/C14H25N3O3S/c1-11-9-13(15)10-14(12(11)2)21(18,19)16-5-7-20-8-6-17(3)4/h9-10,16H,5-8,15H2,1-4H3. The van der Waals surface area contributed by atoms with Gasteiger partial charge in [-0.1, -0.05) is 0 Å². The Hall–Kier alpha value is -1.15. The Labute approximate surface area is 127 Å². The molecule has 21 heavy (non-hydrogen) atoms. The number of likely N-dealkylation sites (N-methyl/N-ethyl adjacent to an activating group) is 1. The summed E-state index contributed by atoms with van der Waals surface area (Å²) < 4.78 is 32.4. The molecule has 0 unspecified atom stereocenters. The van der Waals surface area contributed by atoms with Crippen LogP contribution in [0.2, 0.25) is 0 Å². The summed E-state index contributed by atoms with van der Waals surface area (Å²) in [6, 6.07) is 3.25. The molecule has 1 aromatic carbocycles. The van der Waals surface area contributed by atoms with Crippen molar-refractivity contribution in [1.82, 2.24) is 9.62 Å². The van der Waals surface area contributed by atoms with Gasteiger partial charge in [-0.05, 0) is 51.2 Å². The van der Waals surface area contributed by atoms with Crippen molar-refractivity contribution in [2.24, 2.45) is 0 Å². The molecule has 1 aromatic rings. The monoisotopic (exact) mass is 315 g/mol. The first-order valence-electron chi connectivity index (χ1n) is 6.83. The maximum Gasteiger partial charge on any atom is 0.240 e. The highest BCUT2D eigenvalue weighted by molar-refractivity contribution is 7.89. The van der Waals surface area contributed by atoms with Crippen molar-refractivity contribution in [3.8, 4) is 0 Å². The molecule has 0 aliphatic carbocycles. The smallest absolute Gasteiger partial charge is 0.240 e. The first-order chi connectivity index (χ1) is 9.74. The third-order valence-electron chi connectivity index (χ3n) is 3.15. The molecule has 3 N–H and O–H groups in total. The lowest BCUT2D eigenvalue weighted by Crippen LogP contribution is -2.29. The van der Waals surface area contributed by atoms with Gasteiger partial charge in [0.2, 0.25) is 10.0 Å². The molecule has 0 spiro atoms. The number of nitrogen functional groups attached to an aromatic ring is 1. The molecule has 0 fully saturated rings. The van der Waals surface area contributed by atoms with E-state index in [2.05, 4.69) is 4.72 Å². The number of hydrogen-bond donors (Lipinski definition) is 2. The van der Waals surface area contributed by atoms with Crippen LogP contribution in [0.4, 0.5) is 5.69 Å². The van der Waals surface area contributed by atoms with Crippen LogP contribution in [-0.4, -0.2) is 53.7 Å². The minimum Gasteiger partial charge on any atom is -0.399 e. The van der Waals surface area contributed by atoms with E-state index in [1.165, 1.54) is 6.07 Å². The molecule has 0 radical (unpaired) electrons. The van der Waals surface area contributed by atoms with Gasteiger partial charge < -0.3 is 15.4 Å². The van der Waals surface area contributed by atoms with Gasteiger partial charge in [-0.15, -0.1) is 0 Å². The molecule has 0 aromatic heterocycles. The van der Waals surface area contributed by atoms with Gasteiger partial charge >= 0.3 is 0 Å². The number of hydrogen-bond acceptors (Lipinski definition) is 5.